The van der Waals surface area contributed by atoms with Crippen LogP contribution in [0.15, 0.2) is 36.0 Å². The minimum atomic E-state index is -1.47. The number of hydrogen-bond donors (Lipinski definition) is 3. The third kappa shape index (κ3) is 5.30. The summed E-state index contributed by atoms with van der Waals surface area (Å²) >= 11 is 0. The summed E-state index contributed by atoms with van der Waals surface area (Å²) in [7, 11) is 0. The van der Waals surface area contributed by atoms with E-state index in [0.717, 1.165) is 12.2 Å². The molecule has 8 heteroatoms. The summed E-state index contributed by atoms with van der Waals surface area (Å²) in [5.41, 5.74) is -2.30. The lowest BCUT2D eigenvalue weighted by Gasteiger charge is -2.30. The summed E-state index contributed by atoms with van der Waals surface area (Å²) in [5.74, 6) is -4.57. The van der Waals surface area contributed by atoms with Crippen LogP contribution >= 0.6 is 0 Å². The Bertz CT molecular complexity index is 673. The molecule has 8 nitrogen and oxygen atoms in total. The molecule has 0 aromatic carbocycles. The maximum atomic E-state index is 11.8. The number of esters is 1. The smallest absolute Gasteiger partial charge is 0.336 e. The summed E-state index contributed by atoms with van der Waals surface area (Å²) in [5, 5.41) is 27.9. The molecule has 0 amide bonds. The van der Waals surface area contributed by atoms with E-state index in [4.69, 9.17) is 9.84 Å². The normalized spacial score (nSPS) is 20.3. The van der Waals surface area contributed by atoms with Gasteiger partial charge in [-0.3, -0.25) is 4.79 Å². The van der Waals surface area contributed by atoms with E-state index >= 15 is 0 Å². The highest BCUT2D eigenvalue weighted by Crippen LogP contribution is 2.40. The molecule has 0 bridgehead atoms. The number of rotatable bonds is 10. The molecule has 0 saturated carbocycles. The molecule has 1 aliphatic carbocycles. The molecule has 0 radical (unpaired) electrons. The second-order valence-electron chi connectivity index (χ2n) is 6.28. The number of aliphatic carboxylic acids is 3. The molecule has 26 heavy (non-hydrogen) atoms. The van der Waals surface area contributed by atoms with Crippen LogP contribution in [0.5, 0.6) is 0 Å². The zero-order valence-electron chi connectivity index (χ0n) is 14.4. The highest BCUT2D eigenvalue weighted by atomic mass is 16.5. The average molecular weight is 366 g/mol. The van der Waals surface area contributed by atoms with Crippen molar-refractivity contribution in [3.05, 3.63) is 36.0 Å². The van der Waals surface area contributed by atoms with Crippen molar-refractivity contribution in [1.29, 1.82) is 0 Å². The Balaban J connectivity index is 2.81. The van der Waals surface area contributed by atoms with E-state index in [1.807, 2.05) is 6.92 Å². The molecule has 1 aliphatic rings. The molecule has 0 aromatic rings. The first-order chi connectivity index (χ1) is 12.1. The van der Waals surface area contributed by atoms with Gasteiger partial charge in [0.15, 0.2) is 0 Å². The van der Waals surface area contributed by atoms with Gasteiger partial charge < -0.3 is 20.1 Å². The maximum absolute atomic E-state index is 11.8. The van der Waals surface area contributed by atoms with Gasteiger partial charge >= 0.3 is 23.9 Å². The van der Waals surface area contributed by atoms with Crippen LogP contribution in [-0.4, -0.2) is 45.8 Å². The highest BCUT2D eigenvalue weighted by Gasteiger charge is 2.42. The predicted molar refractivity (Wildman–Crippen MR) is 90.3 cm³/mol. The Morgan fingerprint density at radius 2 is 1.88 bits per heavy atom. The minimum absolute atomic E-state index is 0.0235. The molecule has 142 valence electrons. The standard InChI is InChI=1S/C18H22O8/c1-3-14(19)26-9-6-11(2)4-7-18(17(24)25)8-5-12(15(20)21)13(10-18)16(22)23/h3,5,8,11H,1,4,6-7,9-10H2,2H3,(H,20,21)(H,22,23)(H,24,25). The van der Waals surface area contributed by atoms with Gasteiger partial charge in [-0.1, -0.05) is 19.6 Å². The number of carbonyl (C=O) groups is 4. The molecule has 0 aromatic heterocycles. The first-order valence-corrected chi connectivity index (χ1v) is 8.04. The number of carboxylic acids is 3. The van der Waals surface area contributed by atoms with E-state index in [2.05, 4.69) is 6.58 Å². The first kappa shape index (κ1) is 21.1. The van der Waals surface area contributed by atoms with Gasteiger partial charge in [-0.05, 0) is 37.7 Å². The second-order valence-corrected chi connectivity index (χ2v) is 6.28. The molecule has 0 saturated heterocycles. The van der Waals surface area contributed by atoms with E-state index < -0.39 is 46.9 Å². The van der Waals surface area contributed by atoms with Crippen molar-refractivity contribution in [3.63, 3.8) is 0 Å². The zero-order valence-corrected chi connectivity index (χ0v) is 14.4. The van der Waals surface area contributed by atoms with Gasteiger partial charge in [0.1, 0.15) is 0 Å². The molecule has 0 spiro atoms. The fourth-order valence-electron chi connectivity index (χ4n) is 2.70. The van der Waals surface area contributed by atoms with Crippen molar-refractivity contribution in [3.8, 4) is 0 Å². The Morgan fingerprint density at radius 1 is 1.23 bits per heavy atom. The van der Waals surface area contributed by atoms with Crippen molar-refractivity contribution in [2.24, 2.45) is 11.3 Å². The number of carboxylic acid groups (broad SMARTS) is 3. The molecule has 2 unspecified atom stereocenters. The summed E-state index contributed by atoms with van der Waals surface area (Å²) < 4.78 is 4.88. The first-order valence-electron chi connectivity index (χ1n) is 8.04. The maximum Gasteiger partial charge on any atom is 0.336 e. The Labute approximate surface area is 150 Å². The minimum Gasteiger partial charge on any atom is -0.481 e. The van der Waals surface area contributed by atoms with Crippen molar-refractivity contribution < 1.29 is 39.2 Å². The molecule has 3 N–H and O–H groups in total. The Kier molecular flexibility index (Phi) is 7.30. The van der Waals surface area contributed by atoms with Gasteiger partial charge in [-0.2, -0.15) is 0 Å². The van der Waals surface area contributed by atoms with Crippen LogP contribution in [0.25, 0.3) is 0 Å². The van der Waals surface area contributed by atoms with Gasteiger partial charge in [-0.25, -0.2) is 14.4 Å². The van der Waals surface area contributed by atoms with Gasteiger partial charge in [0.05, 0.1) is 23.2 Å². The van der Waals surface area contributed by atoms with E-state index in [0.29, 0.717) is 12.8 Å². The van der Waals surface area contributed by atoms with Gasteiger partial charge in [0.2, 0.25) is 0 Å². The highest BCUT2D eigenvalue weighted by molar-refractivity contribution is 6.02. The van der Waals surface area contributed by atoms with E-state index in [-0.39, 0.29) is 18.9 Å². The Morgan fingerprint density at radius 3 is 2.38 bits per heavy atom. The van der Waals surface area contributed by atoms with Crippen molar-refractivity contribution >= 4 is 23.9 Å². The van der Waals surface area contributed by atoms with Gasteiger partial charge in [-0.15, -0.1) is 0 Å². The predicted octanol–water partition coefficient (Wildman–Crippen LogP) is 2.02. The summed E-state index contributed by atoms with van der Waals surface area (Å²) in [6.07, 6.45) is 4.07. The average Bonchev–Trinajstić information content (AvgIpc) is 2.59. The second kappa shape index (κ2) is 8.98. The van der Waals surface area contributed by atoms with Crippen molar-refractivity contribution in [2.45, 2.75) is 32.6 Å². The lowest BCUT2D eigenvalue weighted by Crippen LogP contribution is -2.34. The Hall–Kier alpha value is -2.90. The number of ether oxygens (including phenoxy) is 1. The fourth-order valence-corrected chi connectivity index (χ4v) is 2.70. The molecular weight excluding hydrogens is 344 g/mol. The molecule has 1 rings (SSSR count). The third-order valence-electron chi connectivity index (χ3n) is 4.41. The van der Waals surface area contributed by atoms with Crippen LogP contribution in [0, 0.1) is 11.3 Å². The number of carbonyl (C=O) groups excluding carboxylic acids is 1. The van der Waals surface area contributed by atoms with Gasteiger partial charge in [0, 0.05) is 6.08 Å². The lowest BCUT2D eigenvalue weighted by atomic mass is 9.72. The van der Waals surface area contributed by atoms with E-state index in [9.17, 15) is 29.4 Å². The molecule has 2 atom stereocenters. The van der Waals surface area contributed by atoms with Crippen LogP contribution in [0.4, 0.5) is 0 Å². The molecule has 0 fully saturated rings. The molecule has 0 heterocycles. The topological polar surface area (TPSA) is 138 Å². The van der Waals surface area contributed by atoms with Crippen LogP contribution < -0.4 is 0 Å². The summed E-state index contributed by atoms with van der Waals surface area (Å²) in [4.78, 5) is 45.3. The van der Waals surface area contributed by atoms with Crippen LogP contribution in [0.2, 0.25) is 0 Å². The third-order valence-corrected chi connectivity index (χ3v) is 4.41. The van der Waals surface area contributed by atoms with Crippen molar-refractivity contribution in [1.82, 2.24) is 0 Å². The van der Waals surface area contributed by atoms with E-state index in [1.54, 1.807) is 0 Å². The summed E-state index contributed by atoms with van der Waals surface area (Å²) in [6.45, 7) is 5.32. The quantitative estimate of drug-likeness (QED) is 0.394. The molecular formula is C18H22O8. The van der Waals surface area contributed by atoms with E-state index in [1.165, 1.54) is 6.08 Å². The zero-order chi connectivity index (χ0) is 19.9. The van der Waals surface area contributed by atoms with Crippen LogP contribution in [0.3, 0.4) is 0 Å². The van der Waals surface area contributed by atoms with Crippen LogP contribution in [0.1, 0.15) is 32.6 Å². The van der Waals surface area contributed by atoms with Crippen LogP contribution in [-0.2, 0) is 23.9 Å². The number of hydrogen-bond acceptors (Lipinski definition) is 5. The SMILES string of the molecule is C=CC(=O)OCCC(C)CCC1(C(=O)O)C=CC(C(=O)O)=C(C(=O)O)C1. The largest absolute Gasteiger partial charge is 0.481 e. The fraction of sp³-hybridized carbons (Fsp3) is 0.444. The van der Waals surface area contributed by atoms with Gasteiger partial charge in [0.25, 0.3) is 0 Å². The molecule has 0 aliphatic heterocycles. The van der Waals surface area contributed by atoms with Crippen molar-refractivity contribution in [2.75, 3.05) is 6.61 Å². The monoisotopic (exact) mass is 366 g/mol. The summed E-state index contributed by atoms with van der Waals surface area (Å²) in [6, 6.07) is 0. The lowest BCUT2D eigenvalue weighted by molar-refractivity contribution is -0.147.